The number of alkyl halides is 3. The molecule has 0 bridgehead atoms. The molecule has 0 radical (unpaired) electrons. The van der Waals surface area contributed by atoms with Crippen LogP contribution >= 0.6 is 0 Å². The maximum Gasteiger partial charge on any atom is 0.416 e. The van der Waals surface area contributed by atoms with E-state index in [9.17, 15) is 22.8 Å². The van der Waals surface area contributed by atoms with Crippen molar-refractivity contribution in [1.29, 1.82) is 0 Å². The fraction of sp³-hybridized carbons (Fsp3) is 0.600. The van der Waals surface area contributed by atoms with Gasteiger partial charge in [-0.25, -0.2) is 4.79 Å². The number of amides is 3. The van der Waals surface area contributed by atoms with Gasteiger partial charge >= 0.3 is 12.2 Å². The Balaban J connectivity index is 1.47. The van der Waals surface area contributed by atoms with Crippen LogP contribution in [0.15, 0.2) is 24.3 Å². The number of hydrogen-bond donors (Lipinski definition) is 2. The van der Waals surface area contributed by atoms with Gasteiger partial charge in [0.25, 0.3) is 0 Å². The summed E-state index contributed by atoms with van der Waals surface area (Å²) in [5.41, 5.74) is -0.463. The number of rotatable bonds is 4. The van der Waals surface area contributed by atoms with Gasteiger partial charge in [-0.2, -0.15) is 13.2 Å². The number of urea groups is 1. The molecular formula is C20H28F3N5O2. The highest BCUT2D eigenvalue weighted by atomic mass is 19.4. The van der Waals surface area contributed by atoms with Crippen molar-refractivity contribution < 1.29 is 22.8 Å². The average molecular weight is 427 g/mol. The average Bonchev–Trinajstić information content (AvgIpc) is 2.73. The van der Waals surface area contributed by atoms with E-state index in [1.54, 1.807) is 9.80 Å². The lowest BCUT2D eigenvalue weighted by Crippen LogP contribution is -2.61. The van der Waals surface area contributed by atoms with Gasteiger partial charge in [0.1, 0.15) is 0 Å². The van der Waals surface area contributed by atoms with Gasteiger partial charge in [-0.05, 0) is 37.2 Å². The van der Waals surface area contributed by atoms with Crippen LogP contribution in [-0.2, 0) is 11.0 Å². The van der Waals surface area contributed by atoms with Crippen LogP contribution in [0, 0.1) is 0 Å². The molecule has 3 amide bonds. The number of halogens is 3. The zero-order valence-corrected chi connectivity index (χ0v) is 17.0. The van der Waals surface area contributed by atoms with E-state index in [4.69, 9.17) is 0 Å². The van der Waals surface area contributed by atoms with Crippen molar-refractivity contribution >= 4 is 17.6 Å². The minimum Gasteiger partial charge on any atom is -0.338 e. The first kappa shape index (κ1) is 22.4. The van der Waals surface area contributed by atoms with Crippen LogP contribution in [0.5, 0.6) is 0 Å². The predicted octanol–water partition coefficient (Wildman–Crippen LogP) is 2.07. The molecule has 2 aliphatic rings. The minimum atomic E-state index is -4.41. The Hall–Kier alpha value is -2.33. The number of carbonyl (C=O) groups is 2. The van der Waals surface area contributed by atoms with Crippen molar-refractivity contribution in [2.75, 3.05) is 57.7 Å². The molecule has 0 unspecified atom stereocenters. The smallest absolute Gasteiger partial charge is 0.338 e. The molecule has 1 atom stereocenters. The quantitative estimate of drug-likeness (QED) is 0.772. The molecule has 0 aliphatic carbocycles. The lowest BCUT2D eigenvalue weighted by atomic mass is 10.1. The van der Waals surface area contributed by atoms with E-state index < -0.39 is 11.7 Å². The van der Waals surface area contributed by atoms with Gasteiger partial charge in [-0.3, -0.25) is 4.79 Å². The topological polar surface area (TPSA) is 67.9 Å². The standard InChI is InChI=1S/C20H28F3N5O2/c1-2-8-26-9-7-24-17(14-26)18(29)27-10-12-28(13-11-27)19(30)25-16-5-3-15(4-6-16)20(21,22)23/h3-6,17,24H,2,7-14H2,1H3,(H,25,30)/t17-/m1/s1. The molecular weight excluding hydrogens is 399 g/mol. The van der Waals surface area contributed by atoms with E-state index in [2.05, 4.69) is 22.5 Å². The Morgan fingerprint density at radius 1 is 1.07 bits per heavy atom. The third-order valence-electron chi connectivity index (χ3n) is 5.44. The maximum atomic E-state index is 12.8. The van der Waals surface area contributed by atoms with E-state index >= 15 is 0 Å². The highest BCUT2D eigenvalue weighted by Gasteiger charge is 2.32. The summed E-state index contributed by atoms with van der Waals surface area (Å²) in [6.07, 6.45) is -3.36. The van der Waals surface area contributed by atoms with Gasteiger partial charge in [-0.1, -0.05) is 6.92 Å². The first-order valence-electron chi connectivity index (χ1n) is 10.3. The molecule has 1 aromatic carbocycles. The summed E-state index contributed by atoms with van der Waals surface area (Å²) < 4.78 is 37.9. The summed E-state index contributed by atoms with van der Waals surface area (Å²) in [4.78, 5) is 30.8. The summed E-state index contributed by atoms with van der Waals surface area (Å²) >= 11 is 0. The van der Waals surface area contributed by atoms with Crippen molar-refractivity contribution in [3.8, 4) is 0 Å². The molecule has 2 saturated heterocycles. The molecule has 0 aromatic heterocycles. The molecule has 2 N–H and O–H groups in total. The SMILES string of the molecule is CCCN1CCN[C@@H](C(=O)N2CCN(C(=O)Nc3ccc(C(F)(F)F)cc3)CC2)C1. The summed E-state index contributed by atoms with van der Waals surface area (Å²) in [5.74, 6) is 0.0543. The lowest BCUT2D eigenvalue weighted by molar-refractivity contribution is -0.137. The van der Waals surface area contributed by atoms with Gasteiger partial charge in [0.05, 0.1) is 11.6 Å². The second-order valence-electron chi connectivity index (χ2n) is 7.62. The van der Waals surface area contributed by atoms with Crippen LogP contribution in [0.25, 0.3) is 0 Å². The predicted molar refractivity (Wildman–Crippen MR) is 107 cm³/mol. The Kier molecular flexibility index (Phi) is 7.19. The third kappa shape index (κ3) is 5.63. The number of nitrogens with zero attached hydrogens (tertiary/aromatic N) is 3. The van der Waals surface area contributed by atoms with Crippen molar-refractivity contribution in [1.82, 2.24) is 20.0 Å². The maximum absolute atomic E-state index is 12.8. The summed E-state index contributed by atoms with van der Waals surface area (Å²) in [6, 6.07) is 3.73. The fourth-order valence-electron chi connectivity index (χ4n) is 3.79. The van der Waals surface area contributed by atoms with Gasteiger partial charge in [0, 0.05) is 51.5 Å². The van der Waals surface area contributed by atoms with Crippen molar-refractivity contribution in [2.24, 2.45) is 0 Å². The number of carbonyl (C=O) groups excluding carboxylic acids is 2. The van der Waals surface area contributed by atoms with E-state index in [0.717, 1.165) is 38.2 Å². The highest BCUT2D eigenvalue weighted by molar-refractivity contribution is 5.89. The zero-order valence-electron chi connectivity index (χ0n) is 17.0. The minimum absolute atomic E-state index is 0.0543. The first-order valence-corrected chi connectivity index (χ1v) is 10.3. The van der Waals surface area contributed by atoms with Crippen molar-refractivity contribution in [2.45, 2.75) is 25.6 Å². The van der Waals surface area contributed by atoms with E-state index in [0.29, 0.717) is 38.4 Å². The molecule has 30 heavy (non-hydrogen) atoms. The number of piperazine rings is 2. The highest BCUT2D eigenvalue weighted by Crippen LogP contribution is 2.29. The van der Waals surface area contributed by atoms with Crippen LogP contribution in [-0.4, -0.2) is 85.0 Å². The van der Waals surface area contributed by atoms with Crippen LogP contribution in [0.4, 0.5) is 23.7 Å². The van der Waals surface area contributed by atoms with Crippen LogP contribution < -0.4 is 10.6 Å². The Morgan fingerprint density at radius 3 is 2.30 bits per heavy atom. The third-order valence-corrected chi connectivity index (χ3v) is 5.44. The second-order valence-corrected chi connectivity index (χ2v) is 7.62. The monoisotopic (exact) mass is 427 g/mol. The summed E-state index contributed by atoms with van der Waals surface area (Å²) in [5, 5.41) is 5.90. The molecule has 2 fully saturated rings. The number of nitrogens with one attached hydrogen (secondary N) is 2. The van der Waals surface area contributed by atoms with Crippen molar-refractivity contribution in [3.63, 3.8) is 0 Å². The number of benzene rings is 1. The van der Waals surface area contributed by atoms with Gasteiger partial charge < -0.3 is 25.3 Å². The van der Waals surface area contributed by atoms with E-state index in [1.807, 2.05) is 0 Å². The molecule has 10 heteroatoms. The molecule has 3 rings (SSSR count). The summed E-state index contributed by atoms with van der Waals surface area (Å²) in [6.45, 7) is 7.14. The normalized spacial score (nSPS) is 20.9. The first-order chi connectivity index (χ1) is 14.3. The van der Waals surface area contributed by atoms with Crippen LogP contribution in [0.2, 0.25) is 0 Å². The zero-order chi connectivity index (χ0) is 21.7. The number of hydrogen-bond acceptors (Lipinski definition) is 4. The largest absolute Gasteiger partial charge is 0.416 e. The van der Waals surface area contributed by atoms with Crippen LogP contribution in [0.1, 0.15) is 18.9 Å². The van der Waals surface area contributed by atoms with Gasteiger partial charge in [-0.15, -0.1) is 0 Å². The van der Waals surface area contributed by atoms with Crippen LogP contribution in [0.3, 0.4) is 0 Å². The Morgan fingerprint density at radius 2 is 1.70 bits per heavy atom. The second kappa shape index (κ2) is 9.65. The fourth-order valence-corrected chi connectivity index (χ4v) is 3.79. The molecule has 1 aromatic rings. The number of anilines is 1. The molecule has 166 valence electrons. The molecule has 0 saturated carbocycles. The van der Waals surface area contributed by atoms with E-state index in [-0.39, 0.29) is 18.0 Å². The molecule has 2 aliphatic heterocycles. The lowest BCUT2D eigenvalue weighted by Gasteiger charge is -2.39. The Labute approximate surface area is 174 Å². The molecule has 7 nitrogen and oxygen atoms in total. The van der Waals surface area contributed by atoms with Gasteiger partial charge in [0.15, 0.2) is 0 Å². The van der Waals surface area contributed by atoms with E-state index in [1.165, 1.54) is 12.1 Å². The Bertz CT molecular complexity index is 731. The van der Waals surface area contributed by atoms with Gasteiger partial charge in [0.2, 0.25) is 5.91 Å². The molecule has 0 spiro atoms. The molecule has 2 heterocycles. The van der Waals surface area contributed by atoms with Crippen molar-refractivity contribution in [3.05, 3.63) is 29.8 Å². The summed E-state index contributed by atoms with van der Waals surface area (Å²) in [7, 11) is 0.